The number of nitriles is 1. The molecule has 0 amide bonds. The molecule has 84 valence electrons. The molecule has 1 atom stereocenters. The van der Waals surface area contributed by atoms with E-state index in [1.165, 1.54) is 12.8 Å². The lowest BCUT2D eigenvalue weighted by molar-refractivity contribution is 0.501. The molecule has 0 unspecified atom stereocenters. The third-order valence-corrected chi connectivity index (χ3v) is 4.05. The van der Waals surface area contributed by atoms with Gasteiger partial charge < -0.3 is 0 Å². The predicted molar refractivity (Wildman–Crippen MR) is 66.8 cm³/mol. The van der Waals surface area contributed by atoms with Crippen molar-refractivity contribution >= 4 is 23.2 Å². The second kappa shape index (κ2) is 5.08. The average molecular weight is 254 g/mol. The van der Waals surface area contributed by atoms with Crippen LogP contribution in [0.4, 0.5) is 0 Å². The summed E-state index contributed by atoms with van der Waals surface area (Å²) in [5.41, 5.74) is 1.00. The summed E-state index contributed by atoms with van der Waals surface area (Å²) in [5.74, 6) is 0.458. The summed E-state index contributed by atoms with van der Waals surface area (Å²) in [6.45, 7) is 0. The van der Waals surface area contributed by atoms with Gasteiger partial charge >= 0.3 is 0 Å². The van der Waals surface area contributed by atoms with Gasteiger partial charge in [-0.1, -0.05) is 42.1 Å². The lowest BCUT2D eigenvalue weighted by Gasteiger charge is -2.16. The van der Waals surface area contributed by atoms with E-state index in [2.05, 4.69) is 6.07 Å². The van der Waals surface area contributed by atoms with Gasteiger partial charge in [0.05, 0.1) is 22.0 Å². The molecule has 0 heterocycles. The van der Waals surface area contributed by atoms with E-state index in [1.54, 1.807) is 6.07 Å². The molecule has 0 saturated heterocycles. The summed E-state index contributed by atoms with van der Waals surface area (Å²) in [4.78, 5) is 0. The Labute approximate surface area is 106 Å². The Morgan fingerprint density at radius 1 is 1.19 bits per heavy atom. The summed E-state index contributed by atoms with van der Waals surface area (Å²) in [5, 5.41) is 10.4. The van der Waals surface area contributed by atoms with Crippen molar-refractivity contribution in [2.45, 2.75) is 31.6 Å². The molecule has 1 aliphatic carbocycles. The van der Waals surface area contributed by atoms with E-state index in [9.17, 15) is 5.26 Å². The van der Waals surface area contributed by atoms with Gasteiger partial charge in [0.2, 0.25) is 0 Å². The van der Waals surface area contributed by atoms with E-state index in [4.69, 9.17) is 23.2 Å². The SMILES string of the molecule is N#C[C@@H](c1ccc(Cl)c(Cl)c1)C1CCCC1. The van der Waals surface area contributed by atoms with Crippen LogP contribution in [-0.4, -0.2) is 0 Å². The molecule has 1 saturated carbocycles. The van der Waals surface area contributed by atoms with Crippen molar-refractivity contribution < 1.29 is 0 Å². The van der Waals surface area contributed by atoms with Crippen LogP contribution in [0.15, 0.2) is 18.2 Å². The zero-order valence-electron chi connectivity index (χ0n) is 8.92. The lowest BCUT2D eigenvalue weighted by atomic mass is 9.86. The molecule has 3 heteroatoms. The van der Waals surface area contributed by atoms with Crippen LogP contribution in [0.5, 0.6) is 0 Å². The van der Waals surface area contributed by atoms with Crippen molar-refractivity contribution in [2.24, 2.45) is 5.92 Å². The Balaban J connectivity index is 2.26. The Morgan fingerprint density at radius 3 is 2.44 bits per heavy atom. The lowest BCUT2D eigenvalue weighted by Crippen LogP contribution is -2.07. The first-order valence-corrected chi connectivity index (χ1v) is 6.32. The summed E-state index contributed by atoms with van der Waals surface area (Å²) >= 11 is 11.9. The summed E-state index contributed by atoms with van der Waals surface area (Å²) in [7, 11) is 0. The molecule has 1 aromatic carbocycles. The molecule has 2 rings (SSSR count). The Morgan fingerprint density at radius 2 is 1.88 bits per heavy atom. The van der Waals surface area contributed by atoms with Gasteiger partial charge in [-0.15, -0.1) is 0 Å². The second-order valence-corrected chi connectivity index (χ2v) is 5.14. The molecule has 1 aliphatic rings. The minimum atomic E-state index is -0.0303. The van der Waals surface area contributed by atoms with Crippen molar-refractivity contribution in [1.82, 2.24) is 0 Å². The fourth-order valence-corrected chi connectivity index (χ4v) is 2.76. The maximum Gasteiger partial charge on any atom is 0.0741 e. The van der Waals surface area contributed by atoms with Crippen LogP contribution in [0.1, 0.15) is 37.2 Å². The maximum absolute atomic E-state index is 9.27. The quantitative estimate of drug-likeness (QED) is 0.744. The van der Waals surface area contributed by atoms with E-state index in [-0.39, 0.29) is 5.92 Å². The normalized spacial score (nSPS) is 18.3. The molecule has 0 spiro atoms. The molecule has 1 aromatic rings. The molecule has 0 bridgehead atoms. The number of hydrogen-bond donors (Lipinski definition) is 0. The van der Waals surface area contributed by atoms with Gasteiger partial charge in [-0.2, -0.15) is 5.26 Å². The maximum atomic E-state index is 9.27. The average Bonchev–Trinajstić information content (AvgIpc) is 2.78. The van der Waals surface area contributed by atoms with E-state index in [0.717, 1.165) is 18.4 Å². The third-order valence-electron chi connectivity index (χ3n) is 3.31. The molecule has 1 fully saturated rings. The Hall–Kier alpha value is -0.710. The Kier molecular flexibility index (Phi) is 3.74. The van der Waals surface area contributed by atoms with Gasteiger partial charge in [0.25, 0.3) is 0 Å². The number of halogens is 2. The zero-order valence-corrected chi connectivity index (χ0v) is 10.4. The molecular formula is C13H13Cl2N. The monoisotopic (exact) mass is 253 g/mol. The first kappa shape index (κ1) is 11.8. The molecular weight excluding hydrogens is 241 g/mol. The molecule has 0 radical (unpaired) electrons. The first-order chi connectivity index (χ1) is 7.72. The topological polar surface area (TPSA) is 23.8 Å². The number of rotatable bonds is 2. The molecule has 0 aliphatic heterocycles. The smallest absolute Gasteiger partial charge is 0.0741 e. The van der Waals surface area contributed by atoms with Gasteiger partial charge in [-0.25, -0.2) is 0 Å². The van der Waals surface area contributed by atoms with Crippen molar-refractivity contribution in [2.75, 3.05) is 0 Å². The van der Waals surface area contributed by atoms with Crippen molar-refractivity contribution in [1.29, 1.82) is 5.26 Å². The van der Waals surface area contributed by atoms with Gasteiger partial charge in [0.1, 0.15) is 0 Å². The van der Waals surface area contributed by atoms with Crippen LogP contribution in [0.25, 0.3) is 0 Å². The highest BCUT2D eigenvalue weighted by Gasteiger charge is 2.26. The molecule has 1 nitrogen and oxygen atoms in total. The summed E-state index contributed by atoms with van der Waals surface area (Å²) in [6, 6.07) is 7.93. The standard InChI is InChI=1S/C13H13Cl2N/c14-12-6-5-10(7-13(12)15)11(8-16)9-3-1-2-4-9/h5-7,9,11H,1-4H2/t11-/m1/s1. The molecule has 16 heavy (non-hydrogen) atoms. The van der Waals surface area contributed by atoms with Crippen molar-refractivity contribution in [3.05, 3.63) is 33.8 Å². The van der Waals surface area contributed by atoms with Gasteiger partial charge in [-0.3, -0.25) is 0 Å². The van der Waals surface area contributed by atoms with E-state index in [0.29, 0.717) is 16.0 Å². The Bertz CT molecular complexity index is 416. The van der Waals surface area contributed by atoms with Gasteiger partial charge in [0, 0.05) is 0 Å². The van der Waals surface area contributed by atoms with E-state index < -0.39 is 0 Å². The van der Waals surface area contributed by atoms with Crippen molar-refractivity contribution in [3.63, 3.8) is 0 Å². The number of hydrogen-bond acceptors (Lipinski definition) is 1. The fourth-order valence-electron chi connectivity index (χ4n) is 2.45. The third kappa shape index (κ3) is 2.34. The fraction of sp³-hybridized carbons (Fsp3) is 0.462. The predicted octanol–water partition coefficient (Wildman–Crippen LogP) is 4.79. The minimum absolute atomic E-state index is 0.0303. The second-order valence-electron chi connectivity index (χ2n) is 4.32. The van der Waals surface area contributed by atoms with E-state index >= 15 is 0 Å². The highest BCUT2D eigenvalue weighted by molar-refractivity contribution is 6.42. The number of nitrogens with zero attached hydrogens (tertiary/aromatic N) is 1. The highest BCUT2D eigenvalue weighted by Crippen LogP contribution is 2.38. The zero-order chi connectivity index (χ0) is 11.5. The number of benzene rings is 1. The van der Waals surface area contributed by atoms with E-state index in [1.807, 2.05) is 12.1 Å². The van der Waals surface area contributed by atoms with Crippen LogP contribution < -0.4 is 0 Å². The first-order valence-electron chi connectivity index (χ1n) is 5.57. The highest BCUT2D eigenvalue weighted by atomic mass is 35.5. The van der Waals surface area contributed by atoms with Crippen LogP contribution >= 0.6 is 23.2 Å². The van der Waals surface area contributed by atoms with Crippen LogP contribution in [0, 0.1) is 17.2 Å². The van der Waals surface area contributed by atoms with Crippen molar-refractivity contribution in [3.8, 4) is 6.07 Å². The summed E-state index contributed by atoms with van der Waals surface area (Å²) < 4.78 is 0. The summed E-state index contributed by atoms with van der Waals surface area (Å²) in [6.07, 6.45) is 4.78. The molecule has 0 N–H and O–H groups in total. The minimum Gasteiger partial charge on any atom is -0.198 e. The van der Waals surface area contributed by atoms with Gasteiger partial charge in [0.15, 0.2) is 0 Å². The van der Waals surface area contributed by atoms with Gasteiger partial charge in [-0.05, 0) is 36.5 Å². The van der Waals surface area contributed by atoms with Crippen LogP contribution in [0.3, 0.4) is 0 Å². The largest absolute Gasteiger partial charge is 0.198 e. The molecule has 0 aromatic heterocycles. The van der Waals surface area contributed by atoms with Crippen LogP contribution in [0.2, 0.25) is 10.0 Å². The van der Waals surface area contributed by atoms with Crippen LogP contribution in [-0.2, 0) is 0 Å².